The summed E-state index contributed by atoms with van der Waals surface area (Å²) in [5, 5.41) is 0. The third-order valence-corrected chi connectivity index (χ3v) is 4.00. The van der Waals surface area contributed by atoms with Gasteiger partial charge in [-0.2, -0.15) is 0 Å². The van der Waals surface area contributed by atoms with Gasteiger partial charge >= 0.3 is 5.97 Å². The Labute approximate surface area is 111 Å². The van der Waals surface area contributed by atoms with E-state index in [9.17, 15) is 4.79 Å². The minimum atomic E-state index is -0.0427. The second-order valence-electron chi connectivity index (χ2n) is 6.11. The average molecular weight is 256 g/mol. The summed E-state index contributed by atoms with van der Waals surface area (Å²) in [5.41, 5.74) is 5.98. The smallest absolute Gasteiger partial charge is 0.308 e. The van der Waals surface area contributed by atoms with Crippen LogP contribution in [0, 0.1) is 11.3 Å². The van der Waals surface area contributed by atoms with Crippen molar-refractivity contribution < 1.29 is 9.53 Å². The lowest BCUT2D eigenvalue weighted by molar-refractivity contribution is -0.147. The van der Waals surface area contributed by atoms with Gasteiger partial charge < -0.3 is 15.4 Å². The first-order chi connectivity index (χ1) is 8.48. The molecular formula is C14H28N2O2. The van der Waals surface area contributed by atoms with E-state index >= 15 is 0 Å². The van der Waals surface area contributed by atoms with E-state index in [1.165, 1.54) is 20.0 Å². The summed E-state index contributed by atoms with van der Waals surface area (Å²) < 4.78 is 4.79. The van der Waals surface area contributed by atoms with Gasteiger partial charge in [-0.25, -0.2) is 0 Å². The van der Waals surface area contributed by atoms with Gasteiger partial charge in [0.25, 0.3) is 0 Å². The Morgan fingerprint density at radius 3 is 2.50 bits per heavy atom. The maximum absolute atomic E-state index is 11.4. The monoisotopic (exact) mass is 256 g/mol. The van der Waals surface area contributed by atoms with Crippen molar-refractivity contribution in [2.45, 2.75) is 39.5 Å². The van der Waals surface area contributed by atoms with E-state index in [0.29, 0.717) is 0 Å². The molecule has 0 aromatic carbocycles. The number of nitrogens with zero attached hydrogens (tertiary/aromatic N) is 1. The van der Waals surface area contributed by atoms with E-state index in [1.807, 2.05) is 0 Å². The molecule has 1 heterocycles. The Hall–Kier alpha value is -0.610. The van der Waals surface area contributed by atoms with Crippen LogP contribution in [0.1, 0.15) is 39.5 Å². The molecule has 0 saturated carbocycles. The second-order valence-corrected chi connectivity index (χ2v) is 6.11. The number of nitrogens with two attached hydrogens (primary N) is 1. The lowest BCUT2D eigenvalue weighted by atomic mass is 9.88. The van der Waals surface area contributed by atoms with E-state index in [4.69, 9.17) is 10.5 Å². The van der Waals surface area contributed by atoms with Gasteiger partial charge in [0.05, 0.1) is 13.0 Å². The lowest BCUT2D eigenvalue weighted by Gasteiger charge is -2.31. The standard InChI is InChI=1S/C14H28N2O2/c1-14(2,11-15)7-4-8-16-9-5-12(6-10-16)13(17)18-3/h12H,4-11,15H2,1-3H3. The maximum atomic E-state index is 11.4. The van der Waals surface area contributed by atoms with Crippen LogP contribution in [0.15, 0.2) is 0 Å². The molecule has 0 aromatic heterocycles. The Morgan fingerprint density at radius 2 is 2.00 bits per heavy atom. The molecule has 0 atom stereocenters. The van der Waals surface area contributed by atoms with Gasteiger partial charge in [0.1, 0.15) is 0 Å². The van der Waals surface area contributed by atoms with E-state index in [-0.39, 0.29) is 17.3 Å². The fraction of sp³-hybridized carbons (Fsp3) is 0.929. The minimum Gasteiger partial charge on any atom is -0.469 e. The van der Waals surface area contributed by atoms with E-state index < -0.39 is 0 Å². The van der Waals surface area contributed by atoms with Crippen molar-refractivity contribution in [3.63, 3.8) is 0 Å². The van der Waals surface area contributed by atoms with E-state index in [0.717, 1.165) is 39.0 Å². The predicted octanol–water partition coefficient (Wildman–Crippen LogP) is 1.64. The van der Waals surface area contributed by atoms with Crippen LogP contribution in [0.25, 0.3) is 0 Å². The normalized spacial score (nSPS) is 18.9. The van der Waals surface area contributed by atoms with Crippen molar-refractivity contribution in [1.82, 2.24) is 4.90 Å². The molecule has 0 radical (unpaired) electrons. The quantitative estimate of drug-likeness (QED) is 0.734. The first-order valence-electron chi connectivity index (χ1n) is 6.99. The molecule has 0 unspecified atom stereocenters. The molecule has 18 heavy (non-hydrogen) atoms. The van der Waals surface area contributed by atoms with E-state index in [2.05, 4.69) is 18.7 Å². The second kappa shape index (κ2) is 7.10. The van der Waals surface area contributed by atoms with Crippen LogP contribution in [0.2, 0.25) is 0 Å². The van der Waals surface area contributed by atoms with Crippen molar-refractivity contribution in [2.24, 2.45) is 17.1 Å². The molecule has 4 heteroatoms. The van der Waals surface area contributed by atoms with Crippen LogP contribution >= 0.6 is 0 Å². The van der Waals surface area contributed by atoms with Crippen molar-refractivity contribution in [3.05, 3.63) is 0 Å². The summed E-state index contributed by atoms with van der Waals surface area (Å²) in [6.07, 6.45) is 4.23. The Kier molecular flexibility index (Phi) is 6.09. The van der Waals surface area contributed by atoms with Gasteiger partial charge in [0.2, 0.25) is 0 Å². The molecule has 4 nitrogen and oxygen atoms in total. The van der Waals surface area contributed by atoms with Crippen LogP contribution in [0.4, 0.5) is 0 Å². The number of ether oxygens (including phenoxy) is 1. The molecule has 106 valence electrons. The largest absolute Gasteiger partial charge is 0.469 e. The minimum absolute atomic E-state index is 0.0427. The summed E-state index contributed by atoms with van der Waals surface area (Å²) in [6.45, 7) is 8.34. The third kappa shape index (κ3) is 4.94. The van der Waals surface area contributed by atoms with Gasteiger partial charge in [0, 0.05) is 0 Å². The number of carbonyl (C=O) groups is 1. The zero-order valence-corrected chi connectivity index (χ0v) is 12.1. The lowest BCUT2D eigenvalue weighted by Crippen LogP contribution is -2.37. The molecule has 1 saturated heterocycles. The Morgan fingerprint density at radius 1 is 1.39 bits per heavy atom. The Balaban J connectivity index is 2.18. The molecule has 2 N–H and O–H groups in total. The fourth-order valence-electron chi connectivity index (χ4n) is 2.44. The van der Waals surface area contributed by atoms with Crippen molar-refractivity contribution in [3.8, 4) is 0 Å². The summed E-state index contributed by atoms with van der Waals surface area (Å²) in [6, 6.07) is 0. The maximum Gasteiger partial charge on any atom is 0.308 e. The summed E-state index contributed by atoms with van der Waals surface area (Å²) >= 11 is 0. The highest BCUT2D eigenvalue weighted by molar-refractivity contribution is 5.72. The van der Waals surface area contributed by atoms with Gasteiger partial charge in [0.15, 0.2) is 0 Å². The number of esters is 1. The number of carbonyl (C=O) groups excluding carboxylic acids is 1. The summed E-state index contributed by atoms with van der Waals surface area (Å²) in [7, 11) is 1.48. The highest BCUT2D eigenvalue weighted by Gasteiger charge is 2.25. The van der Waals surface area contributed by atoms with E-state index in [1.54, 1.807) is 0 Å². The van der Waals surface area contributed by atoms with Gasteiger partial charge in [-0.3, -0.25) is 4.79 Å². The zero-order chi connectivity index (χ0) is 13.6. The summed E-state index contributed by atoms with van der Waals surface area (Å²) in [4.78, 5) is 13.9. The molecule has 0 spiro atoms. The number of piperidine rings is 1. The van der Waals surface area contributed by atoms with Crippen molar-refractivity contribution >= 4 is 5.97 Å². The Bertz CT molecular complexity index is 259. The highest BCUT2D eigenvalue weighted by atomic mass is 16.5. The molecule has 1 aliphatic heterocycles. The molecule has 1 fully saturated rings. The molecule has 1 rings (SSSR count). The van der Waals surface area contributed by atoms with Crippen molar-refractivity contribution in [1.29, 1.82) is 0 Å². The predicted molar refractivity (Wildman–Crippen MR) is 73.2 cm³/mol. The van der Waals surface area contributed by atoms with Gasteiger partial charge in [-0.05, 0) is 57.3 Å². The van der Waals surface area contributed by atoms with Crippen molar-refractivity contribution in [2.75, 3.05) is 33.3 Å². The van der Waals surface area contributed by atoms with Crippen LogP contribution < -0.4 is 5.73 Å². The molecule has 1 aliphatic rings. The van der Waals surface area contributed by atoms with Gasteiger partial charge in [-0.15, -0.1) is 0 Å². The molecular weight excluding hydrogens is 228 g/mol. The molecule has 0 bridgehead atoms. The number of likely N-dealkylation sites (tertiary alicyclic amines) is 1. The topological polar surface area (TPSA) is 55.6 Å². The fourth-order valence-corrected chi connectivity index (χ4v) is 2.44. The summed E-state index contributed by atoms with van der Waals surface area (Å²) in [5.74, 6) is 0.0747. The van der Waals surface area contributed by atoms with Crippen LogP contribution in [-0.4, -0.2) is 44.2 Å². The zero-order valence-electron chi connectivity index (χ0n) is 12.1. The highest BCUT2D eigenvalue weighted by Crippen LogP contribution is 2.22. The SMILES string of the molecule is COC(=O)C1CCN(CCCC(C)(C)CN)CC1. The van der Waals surface area contributed by atoms with Gasteiger partial charge in [-0.1, -0.05) is 13.8 Å². The molecule has 0 aromatic rings. The third-order valence-electron chi connectivity index (χ3n) is 4.00. The van der Waals surface area contributed by atoms with Crippen LogP contribution in [0.3, 0.4) is 0 Å². The molecule has 0 amide bonds. The number of methoxy groups -OCH3 is 1. The number of hydrogen-bond acceptors (Lipinski definition) is 4. The first kappa shape index (κ1) is 15.4. The first-order valence-corrected chi connectivity index (χ1v) is 6.99. The van der Waals surface area contributed by atoms with Crippen LogP contribution in [0.5, 0.6) is 0 Å². The number of hydrogen-bond donors (Lipinski definition) is 1. The van der Waals surface area contributed by atoms with Crippen LogP contribution in [-0.2, 0) is 9.53 Å². The number of rotatable bonds is 6. The average Bonchev–Trinajstić information content (AvgIpc) is 2.38. The molecule has 0 aliphatic carbocycles.